The standard InChI is InChI=1S/C53H89N2O11PS/c1-6-8-10-12-14-16-18-20-21-22-23-24-25-26-28-30-32-34-36-41-52(59)63-44-47(45-65-67(61,62)64-43-42-55(3,4)5)66-53(60)48(54)46-68-50(49(56)38-37-40-51(57)58)39-35-33-31-29-27-19-17-15-13-11-9-7-2/h14-17,20-21,23-24,26-29,31,33,35,39,47-50,56H,6-13,18-19,22,25,30,32,34,36-38,40-46,54H2,1-5H3,(H-,57,58,61,62)/p+1/b16-14-,17-15-,21-20-,24-23-,28-26-,29-27-,33-31+,39-35+/t47-,48+,49+,50-/m1/s1. The number of carboxylic acid groups (broad SMARTS) is 1. The van der Waals surface area contributed by atoms with Crippen LogP contribution in [0.4, 0.5) is 0 Å². The number of carbonyl (C=O) groups is 3. The highest BCUT2D eigenvalue weighted by Crippen LogP contribution is 2.43. The summed E-state index contributed by atoms with van der Waals surface area (Å²) in [6, 6.07) is -1.19. The molecule has 13 nitrogen and oxygen atoms in total. The molecule has 5 atom stereocenters. The van der Waals surface area contributed by atoms with Gasteiger partial charge in [0.25, 0.3) is 0 Å². The number of thioether (sulfide) groups is 1. The normalized spacial score (nSPS) is 15.5. The predicted molar refractivity (Wildman–Crippen MR) is 280 cm³/mol. The van der Waals surface area contributed by atoms with Crippen molar-refractivity contribution in [3.05, 3.63) is 97.2 Å². The van der Waals surface area contributed by atoms with Crippen molar-refractivity contribution in [3.63, 3.8) is 0 Å². The number of nitrogens with two attached hydrogens (primary N) is 1. The van der Waals surface area contributed by atoms with Gasteiger partial charge in [-0.25, -0.2) is 4.57 Å². The molecule has 0 aromatic carbocycles. The first kappa shape index (κ1) is 64.7. The van der Waals surface area contributed by atoms with Crippen molar-refractivity contribution in [2.24, 2.45) is 5.73 Å². The van der Waals surface area contributed by atoms with Gasteiger partial charge in [0, 0.05) is 23.8 Å². The molecule has 0 aliphatic rings. The minimum Gasteiger partial charge on any atom is -0.481 e. The third kappa shape index (κ3) is 43.9. The van der Waals surface area contributed by atoms with E-state index in [-0.39, 0.29) is 38.0 Å². The summed E-state index contributed by atoms with van der Waals surface area (Å²) in [6.07, 6.45) is 47.8. The lowest BCUT2D eigenvalue weighted by Crippen LogP contribution is -2.40. The van der Waals surface area contributed by atoms with Gasteiger partial charge in [-0.05, 0) is 83.5 Å². The number of hydrogen-bond acceptors (Lipinski definition) is 11. The van der Waals surface area contributed by atoms with Gasteiger partial charge in [-0.1, -0.05) is 143 Å². The number of ether oxygens (including phenoxy) is 2. The summed E-state index contributed by atoms with van der Waals surface area (Å²) in [5.74, 6) is -2.33. The van der Waals surface area contributed by atoms with Gasteiger partial charge >= 0.3 is 25.7 Å². The molecule has 0 aliphatic carbocycles. The van der Waals surface area contributed by atoms with E-state index in [1.54, 1.807) is 12.2 Å². The average molecular weight is 994 g/mol. The van der Waals surface area contributed by atoms with E-state index in [2.05, 4.69) is 74.6 Å². The number of esters is 2. The Morgan fingerprint density at radius 1 is 0.676 bits per heavy atom. The first-order valence-electron chi connectivity index (χ1n) is 24.9. The van der Waals surface area contributed by atoms with E-state index >= 15 is 0 Å². The van der Waals surface area contributed by atoms with Crippen LogP contribution in [-0.2, 0) is 37.5 Å². The Kier molecular flexibility index (Phi) is 41.5. The van der Waals surface area contributed by atoms with Crippen molar-refractivity contribution >= 4 is 37.5 Å². The number of carbonyl (C=O) groups excluding carboxylic acids is 2. The second-order valence-corrected chi connectivity index (χ2v) is 20.4. The van der Waals surface area contributed by atoms with Crippen molar-refractivity contribution in [2.45, 2.75) is 166 Å². The summed E-state index contributed by atoms with van der Waals surface area (Å²) < 4.78 is 34.4. The lowest BCUT2D eigenvalue weighted by atomic mass is 10.1. The fraction of sp³-hybridized carbons (Fsp3) is 0.642. The molecule has 0 amide bonds. The molecular weight excluding hydrogens is 904 g/mol. The first-order valence-corrected chi connectivity index (χ1v) is 27.4. The molecule has 0 aliphatic heterocycles. The second kappa shape index (κ2) is 43.7. The van der Waals surface area contributed by atoms with Crippen LogP contribution < -0.4 is 5.73 Å². The lowest BCUT2D eigenvalue weighted by molar-refractivity contribution is -0.870. The quantitative estimate of drug-likeness (QED) is 0.0113. The van der Waals surface area contributed by atoms with Gasteiger partial charge in [0.05, 0.1) is 33.9 Å². The molecule has 0 fully saturated rings. The van der Waals surface area contributed by atoms with Crippen molar-refractivity contribution in [3.8, 4) is 0 Å². The number of carboxylic acids is 1. The molecule has 0 aromatic heterocycles. The molecule has 0 bridgehead atoms. The molecule has 0 saturated carbocycles. The average Bonchev–Trinajstić information content (AvgIpc) is 3.28. The number of aliphatic hydroxyl groups excluding tert-OH is 1. The molecule has 1 unspecified atom stereocenters. The number of nitrogens with zero attached hydrogens (tertiary/aromatic N) is 1. The van der Waals surface area contributed by atoms with Crippen LogP contribution in [0.1, 0.15) is 142 Å². The second-order valence-electron chi connectivity index (χ2n) is 17.7. The highest BCUT2D eigenvalue weighted by Gasteiger charge is 2.29. The van der Waals surface area contributed by atoms with Crippen LogP contribution in [-0.4, -0.2) is 114 Å². The number of aliphatic hydroxyl groups is 1. The third-order valence-corrected chi connectivity index (χ3v) is 12.5. The van der Waals surface area contributed by atoms with Crippen LogP contribution in [0, 0.1) is 0 Å². The maximum Gasteiger partial charge on any atom is 0.472 e. The number of aliphatic carboxylic acids is 1. The number of hydrogen-bond donors (Lipinski definition) is 4. The molecule has 68 heavy (non-hydrogen) atoms. The zero-order valence-corrected chi connectivity index (χ0v) is 43.9. The molecule has 0 heterocycles. The van der Waals surface area contributed by atoms with E-state index < -0.39 is 62.4 Å². The summed E-state index contributed by atoms with van der Waals surface area (Å²) in [5.41, 5.74) is 6.25. The number of unbranched alkanes of at least 4 members (excludes halogenated alkanes) is 9. The molecule has 5 N–H and O–H groups in total. The van der Waals surface area contributed by atoms with Crippen LogP contribution in [0.3, 0.4) is 0 Å². The van der Waals surface area contributed by atoms with Crippen molar-refractivity contribution in [1.29, 1.82) is 0 Å². The van der Waals surface area contributed by atoms with Crippen LogP contribution >= 0.6 is 19.6 Å². The smallest absolute Gasteiger partial charge is 0.472 e. The largest absolute Gasteiger partial charge is 0.481 e. The van der Waals surface area contributed by atoms with Gasteiger partial charge in [0.15, 0.2) is 6.10 Å². The molecule has 0 saturated heterocycles. The Morgan fingerprint density at radius 2 is 1.22 bits per heavy atom. The molecule has 0 aromatic rings. The maximum absolute atomic E-state index is 13.3. The third-order valence-electron chi connectivity index (χ3n) is 10.1. The van der Waals surface area contributed by atoms with E-state index in [1.165, 1.54) is 50.3 Å². The first-order chi connectivity index (χ1) is 32.6. The minimum absolute atomic E-state index is 0.0130. The summed E-state index contributed by atoms with van der Waals surface area (Å²) in [4.78, 5) is 47.4. The molecule has 0 radical (unpaired) electrons. The Hall–Kier alpha value is -3.33. The van der Waals surface area contributed by atoms with E-state index in [1.807, 2.05) is 45.4 Å². The monoisotopic (exact) mass is 994 g/mol. The van der Waals surface area contributed by atoms with E-state index in [0.717, 1.165) is 57.8 Å². The fourth-order valence-electron chi connectivity index (χ4n) is 6.01. The number of phosphoric ester groups is 1. The van der Waals surface area contributed by atoms with E-state index in [9.17, 15) is 28.9 Å². The molecule has 388 valence electrons. The van der Waals surface area contributed by atoms with Gasteiger partial charge in [0.2, 0.25) is 0 Å². The number of likely N-dealkylation sites (N-methyl/N-ethyl adjacent to an activating group) is 1. The number of phosphoric acid groups is 1. The zero-order valence-electron chi connectivity index (χ0n) is 42.2. The molecule has 0 rings (SSSR count). The molecule has 0 spiro atoms. The van der Waals surface area contributed by atoms with Crippen molar-refractivity contribution in [2.75, 3.05) is 53.3 Å². The van der Waals surface area contributed by atoms with Crippen molar-refractivity contribution in [1.82, 2.24) is 0 Å². The van der Waals surface area contributed by atoms with Gasteiger partial charge < -0.3 is 34.8 Å². The fourth-order valence-corrected chi connectivity index (χ4v) is 7.88. The summed E-state index contributed by atoms with van der Waals surface area (Å²) in [6.45, 7) is 3.72. The number of quaternary nitrogens is 1. The van der Waals surface area contributed by atoms with Gasteiger partial charge in [-0.2, -0.15) is 0 Å². The Morgan fingerprint density at radius 3 is 1.78 bits per heavy atom. The van der Waals surface area contributed by atoms with Gasteiger partial charge in [-0.3, -0.25) is 23.4 Å². The van der Waals surface area contributed by atoms with E-state index in [0.29, 0.717) is 17.4 Å². The number of allylic oxidation sites excluding steroid dienone is 15. The predicted octanol–water partition coefficient (Wildman–Crippen LogP) is 11.4. The lowest BCUT2D eigenvalue weighted by Gasteiger charge is -2.25. The van der Waals surface area contributed by atoms with E-state index in [4.69, 9.17) is 29.4 Å². The topological polar surface area (TPSA) is 192 Å². The van der Waals surface area contributed by atoms with Crippen molar-refractivity contribution < 1.29 is 57.1 Å². The summed E-state index contributed by atoms with van der Waals surface area (Å²) >= 11 is 1.20. The molecular formula is C53H90N2O11PS+. The molecule has 15 heteroatoms. The van der Waals surface area contributed by atoms with Crippen LogP contribution in [0.2, 0.25) is 0 Å². The SMILES string of the molecule is CCCCC/C=C\C\C=C/C=C/C=C/[C@@H](SC[C@H](N)C(=O)O[C@H](COC(=O)CCCCC/C=C\C/C=C\C/C=C\C/C=C\CCCCC)COP(=O)(O)OCC[N+](C)(C)C)[C@@H](O)CCCC(=O)O. The minimum atomic E-state index is -4.55. The Bertz CT molecular complexity index is 1600. The highest BCUT2D eigenvalue weighted by atomic mass is 32.2. The van der Waals surface area contributed by atoms with Crippen LogP contribution in [0.5, 0.6) is 0 Å². The summed E-state index contributed by atoms with van der Waals surface area (Å²) in [5, 5.41) is 19.5. The zero-order chi connectivity index (χ0) is 50.6. The summed E-state index contributed by atoms with van der Waals surface area (Å²) in [7, 11) is 1.14. The van der Waals surface area contributed by atoms with Crippen LogP contribution in [0.25, 0.3) is 0 Å². The van der Waals surface area contributed by atoms with Gasteiger partial charge in [0.1, 0.15) is 25.8 Å². The number of rotatable bonds is 44. The van der Waals surface area contributed by atoms with Gasteiger partial charge in [-0.15, -0.1) is 11.8 Å². The highest BCUT2D eigenvalue weighted by molar-refractivity contribution is 8.00. The Labute approximate surface area is 415 Å². The van der Waals surface area contributed by atoms with Crippen LogP contribution in [0.15, 0.2) is 97.2 Å². The maximum atomic E-state index is 13.3. The Balaban J connectivity index is 5.23.